The van der Waals surface area contributed by atoms with Crippen LogP contribution in [0.2, 0.25) is 0 Å². The first-order valence-corrected chi connectivity index (χ1v) is 8.11. The number of phosphoric ester groups is 1. The Labute approximate surface area is 133 Å². The molecule has 13 nitrogen and oxygen atoms in total. The molecule has 1 aliphatic rings. The summed E-state index contributed by atoms with van der Waals surface area (Å²) in [4.78, 5) is 28.8. The predicted octanol–water partition coefficient (Wildman–Crippen LogP) is -2.16. The molecule has 0 aromatic carbocycles. The van der Waals surface area contributed by atoms with Crippen molar-refractivity contribution in [1.82, 2.24) is 19.5 Å². The Morgan fingerprint density at radius 1 is 1.33 bits per heavy atom. The van der Waals surface area contributed by atoms with Gasteiger partial charge in [-0.05, 0) is 0 Å². The molecule has 14 heteroatoms. The second kappa shape index (κ2) is 5.89. The van der Waals surface area contributed by atoms with Crippen LogP contribution in [0.3, 0.4) is 0 Å². The summed E-state index contributed by atoms with van der Waals surface area (Å²) in [5, 5.41) is 30.1. The maximum Gasteiger partial charge on any atom is 0.469 e. The van der Waals surface area contributed by atoms with Gasteiger partial charge in [-0.3, -0.25) is 4.52 Å². The highest BCUT2D eigenvalue weighted by atomic mass is 31.2. The topological polar surface area (TPSA) is 206 Å². The SMILES string of the molecule is Nc1ncnc2c1nc(O)n2[C@@H]1O[C@H](COP(=O)(O)O)[C@@H](O)[C@H]1O. The summed E-state index contributed by atoms with van der Waals surface area (Å²) in [5.41, 5.74) is 5.74. The van der Waals surface area contributed by atoms with Crippen LogP contribution in [0.5, 0.6) is 6.01 Å². The monoisotopic (exact) mass is 363 g/mol. The molecule has 0 radical (unpaired) electrons. The van der Waals surface area contributed by atoms with Crippen LogP contribution >= 0.6 is 7.82 Å². The van der Waals surface area contributed by atoms with Gasteiger partial charge in [0.05, 0.1) is 6.61 Å². The quantitative estimate of drug-likeness (QED) is 0.321. The molecule has 0 saturated carbocycles. The summed E-state index contributed by atoms with van der Waals surface area (Å²) >= 11 is 0. The smallest absolute Gasteiger partial charge is 0.469 e. The van der Waals surface area contributed by atoms with E-state index >= 15 is 0 Å². The summed E-state index contributed by atoms with van der Waals surface area (Å²) in [6.45, 7) is -0.677. The number of fused-ring (bicyclic) bond motifs is 1. The number of anilines is 1. The molecule has 7 N–H and O–H groups in total. The van der Waals surface area contributed by atoms with Gasteiger partial charge >= 0.3 is 7.82 Å². The molecule has 0 aliphatic carbocycles. The highest BCUT2D eigenvalue weighted by molar-refractivity contribution is 7.46. The molecule has 0 bridgehead atoms. The number of phosphoric acid groups is 1. The molecule has 2 aromatic heterocycles. The van der Waals surface area contributed by atoms with Crippen LogP contribution in [0.25, 0.3) is 11.2 Å². The second-order valence-corrected chi connectivity index (χ2v) is 6.28. The standard InChI is InChI=1S/C10H14N5O8P/c11-7-4-8(13-2-12-7)15(10(18)14-4)9-6(17)5(16)3(23-9)1-22-24(19,20)21/h2-3,5-6,9,16-17H,1H2,(H,14,18)(H2,11,12,13)(H2,19,20,21)/t3-,5-,6-,9-/m1/s1. The minimum atomic E-state index is -4.78. The highest BCUT2D eigenvalue weighted by Crippen LogP contribution is 2.39. The number of nitrogens with two attached hydrogens (primary N) is 1. The summed E-state index contributed by atoms with van der Waals surface area (Å²) in [7, 11) is -4.78. The minimum Gasteiger partial charge on any atom is -0.480 e. The lowest BCUT2D eigenvalue weighted by Crippen LogP contribution is -2.33. The van der Waals surface area contributed by atoms with Crippen LogP contribution in [-0.4, -0.2) is 69.5 Å². The second-order valence-electron chi connectivity index (χ2n) is 5.05. The number of nitrogen functional groups attached to an aromatic ring is 1. The number of ether oxygens (including phenoxy) is 1. The number of hydrogen-bond donors (Lipinski definition) is 6. The Hall–Kier alpha value is -1.86. The maximum absolute atomic E-state index is 10.7. The molecule has 0 unspecified atom stereocenters. The van der Waals surface area contributed by atoms with Crippen molar-refractivity contribution >= 4 is 24.8 Å². The predicted molar refractivity (Wildman–Crippen MR) is 75.3 cm³/mol. The number of aliphatic hydroxyl groups is 2. The van der Waals surface area contributed by atoms with E-state index in [4.69, 9.17) is 20.3 Å². The molecule has 1 saturated heterocycles. The molecular formula is C10H14N5O8P. The summed E-state index contributed by atoms with van der Waals surface area (Å²) in [5.74, 6) is -0.0107. The van der Waals surface area contributed by atoms with Crippen molar-refractivity contribution in [3.63, 3.8) is 0 Å². The molecule has 4 atom stereocenters. The zero-order chi connectivity index (χ0) is 17.6. The third kappa shape index (κ3) is 2.93. The maximum atomic E-state index is 10.7. The number of aromatic hydroxyl groups is 1. The third-order valence-electron chi connectivity index (χ3n) is 3.49. The fraction of sp³-hybridized carbons (Fsp3) is 0.500. The van der Waals surface area contributed by atoms with Crippen LogP contribution in [0.4, 0.5) is 5.82 Å². The number of nitrogens with zero attached hydrogens (tertiary/aromatic N) is 4. The number of hydrogen-bond acceptors (Lipinski definition) is 10. The van der Waals surface area contributed by atoms with Crippen molar-refractivity contribution in [3.8, 4) is 6.01 Å². The fourth-order valence-corrected chi connectivity index (χ4v) is 2.74. The minimum absolute atomic E-state index is 0.0107. The Bertz CT molecular complexity index is 808. The van der Waals surface area contributed by atoms with Gasteiger partial charge in [-0.1, -0.05) is 0 Å². The number of aliphatic hydroxyl groups excluding tert-OH is 2. The van der Waals surface area contributed by atoms with E-state index in [1.807, 2.05) is 0 Å². The van der Waals surface area contributed by atoms with Crippen LogP contribution in [0, 0.1) is 0 Å². The molecule has 132 valence electrons. The van der Waals surface area contributed by atoms with E-state index in [2.05, 4.69) is 19.5 Å². The van der Waals surface area contributed by atoms with E-state index in [0.29, 0.717) is 0 Å². The molecule has 3 heterocycles. The lowest BCUT2D eigenvalue weighted by molar-refractivity contribution is -0.0530. The van der Waals surface area contributed by atoms with E-state index in [1.165, 1.54) is 0 Å². The van der Waals surface area contributed by atoms with Gasteiger partial charge < -0.3 is 35.6 Å². The van der Waals surface area contributed by atoms with Crippen LogP contribution in [0.1, 0.15) is 6.23 Å². The molecule has 0 spiro atoms. The van der Waals surface area contributed by atoms with Crippen molar-refractivity contribution in [1.29, 1.82) is 0 Å². The molecule has 0 amide bonds. The van der Waals surface area contributed by atoms with E-state index in [0.717, 1.165) is 10.9 Å². The van der Waals surface area contributed by atoms with Gasteiger partial charge in [0.25, 0.3) is 6.01 Å². The first kappa shape index (κ1) is 17.0. The van der Waals surface area contributed by atoms with Gasteiger partial charge in [-0.15, -0.1) is 0 Å². The molecule has 3 rings (SSSR count). The molecule has 1 aliphatic heterocycles. The van der Waals surface area contributed by atoms with Gasteiger partial charge in [0.15, 0.2) is 23.2 Å². The lowest BCUT2D eigenvalue weighted by atomic mass is 10.1. The van der Waals surface area contributed by atoms with Crippen molar-refractivity contribution in [2.45, 2.75) is 24.5 Å². The Morgan fingerprint density at radius 2 is 2.04 bits per heavy atom. The average Bonchev–Trinajstić information content (AvgIpc) is 2.96. The van der Waals surface area contributed by atoms with E-state index in [1.54, 1.807) is 0 Å². The van der Waals surface area contributed by atoms with Crippen LogP contribution in [0.15, 0.2) is 6.33 Å². The van der Waals surface area contributed by atoms with E-state index < -0.39 is 45.0 Å². The molecule has 24 heavy (non-hydrogen) atoms. The fourth-order valence-electron chi connectivity index (χ4n) is 2.40. The third-order valence-corrected chi connectivity index (χ3v) is 3.97. The lowest BCUT2D eigenvalue weighted by Gasteiger charge is -2.17. The van der Waals surface area contributed by atoms with Gasteiger partial charge in [-0.2, -0.15) is 4.98 Å². The van der Waals surface area contributed by atoms with Crippen LogP contribution in [-0.2, 0) is 13.8 Å². The zero-order valence-electron chi connectivity index (χ0n) is 11.9. The first-order chi connectivity index (χ1) is 11.2. The summed E-state index contributed by atoms with van der Waals surface area (Å²) in [6, 6.07) is -0.593. The van der Waals surface area contributed by atoms with Crippen molar-refractivity contribution in [2.24, 2.45) is 0 Å². The average molecular weight is 363 g/mol. The summed E-state index contributed by atoms with van der Waals surface area (Å²) < 4.78 is 21.3. The first-order valence-electron chi connectivity index (χ1n) is 6.58. The number of aromatic nitrogens is 4. The summed E-state index contributed by atoms with van der Waals surface area (Å²) in [6.07, 6.45) is -4.55. The highest BCUT2D eigenvalue weighted by Gasteiger charge is 2.46. The molecule has 1 fully saturated rings. The largest absolute Gasteiger partial charge is 0.480 e. The Balaban J connectivity index is 1.92. The number of imidazole rings is 1. The van der Waals surface area contributed by atoms with Gasteiger partial charge in [0.2, 0.25) is 0 Å². The van der Waals surface area contributed by atoms with E-state index in [9.17, 15) is 19.9 Å². The van der Waals surface area contributed by atoms with Gasteiger partial charge in [0, 0.05) is 0 Å². The Kier molecular flexibility index (Phi) is 4.17. The normalized spacial score (nSPS) is 27.8. The molecular weight excluding hydrogens is 349 g/mol. The number of rotatable bonds is 4. The van der Waals surface area contributed by atoms with Crippen molar-refractivity contribution in [3.05, 3.63) is 6.33 Å². The van der Waals surface area contributed by atoms with Crippen molar-refractivity contribution < 1.29 is 38.9 Å². The van der Waals surface area contributed by atoms with Gasteiger partial charge in [-0.25, -0.2) is 19.1 Å². The van der Waals surface area contributed by atoms with E-state index in [-0.39, 0.29) is 17.0 Å². The zero-order valence-corrected chi connectivity index (χ0v) is 12.8. The van der Waals surface area contributed by atoms with Crippen LogP contribution < -0.4 is 5.73 Å². The Morgan fingerprint density at radius 3 is 2.71 bits per heavy atom. The van der Waals surface area contributed by atoms with Crippen molar-refractivity contribution in [2.75, 3.05) is 12.3 Å². The van der Waals surface area contributed by atoms with Gasteiger partial charge in [0.1, 0.15) is 24.6 Å². The molecule has 2 aromatic rings.